The Labute approximate surface area is 133 Å². The van der Waals surface area contributed by atoms with E-state index in [1.165, 1.54) is 44.5 Å². The molecule has 0 bridgehead atoms. The Morgan fingerprint density at radius 1 is 1.32 bits per heavy atom. The van der Waals surface area contributed by atoms with E-state index in [4.69, 9.17) is 9.47 Å². The van der Waals surface area contributed by atoms with E-state index >= 15 is 0 Å². The molecule has 0 aliphatic carbocycles. The molecular formula is C18H28N2O2. The van der Waals surface area contributed by atoms with Crippen molar-refractivity contribution in [2.75, 3.05) is 45.2 Å². The zero-order valence-electron chi connectivity index (χ0n) is 13.9. The number of anilines is 1. The smallest absolute Gasteiger partial charge is 0.184 e. The second-order valence-electron chi connectivity index (χ2n) is 6.58. The van der Waals surface area contributed by atoms with Crippen molar-refractivity contribution in [3.8, 4) is 11.5 Å². The maximum absolute atomic E-state index is 5.71. The molecule has 1 N–H and O–H groups in total. The summed E-state index contributed by atoms with van der Waals surface area (Å²) in [7, 11) is 1.71. The molecule has 0 atom stereocenters. The molecule has 1 aromatic rings. The Kier molecular flexibility index (Phi) is 5.08. The van der Waals surface area contributed by atoms with E-state index in [-0.39, 0.29) is 0 Å². The number of piperidine rings is 1. The van der Waals surface area contributed by atoms with Gasteiger partial charge < -0.3 is 19.7 Å². The minimum Gasteiger partial charge on any atom is -0.493 e. The SMILES string of the molecule is COc1cc(CCCN2CCC(C)CC2)cc2c1OCCN2. The van der Waals surface area contributed by atoms with E-state index in [9.17, 15) is 0 Å². The largest absolute Gasteiger partial charge is 0.493 e. The number of hydrogen-bond acceptors (Lipinski definition) is 4. The molecule has 0 spiro atoms. The van der Waals surface area contributed by atoms with Gasteiger partial charge in [0.1, 0.15) is 6.61 Å². The minimum atomic E-state index is 0.704. The van der Waals surface area contributed by atoms with Crippen LogP contribution in [0, 0.1) is 5.92 Å². The van der Waals surface area contributed by atoms with Gasteiger partial charge in [-0.3, -0.25) is 0 Å². The summed E-state index contributed by atoms with van der Waals surface area (Å²) in [6, 6.07) is 4.35. The number of ether oxygens (including phenoxy) is 2. The van der Waals surface area contributed by atoms with Crippen LogP contribution in [-0.4, -0.2) is 44.8 Å². The summed E-state index contributed by atoms with van der Waals surface area (Å²) < 4.78 is 11.2. The van der Waals surface area contributed by atoms with Crippen molar-refractivity contribution < 1.29 is 9.47 Å². The van der Waals surface area contributed by atoms with Crippen LogP contribution in [0.2, 0.25) is 0 Å². The summed E-state index contributed by atoms with van der Waals surface area (Å²) in [6.45, 7) is 7.68. The van der Waals surface area contributed by atoms with E-state index in [0.717, 1.165) is 36.1 Å². The van der Waals surface area contributed by atoms with Crippen LogP contribution in [0.1, 0.15) is 31.7 Å². The van der Waals surface area contributed by atoms with Crippen LogP contribution in [0.4, 0.5) is 5.69 Å². The average molecular weight is 304 g/mol. The number of benzene rings is 1. The first-order valence-corrected chi connectivity index (χ1v) is 8.56. The van der Waals surface area contributed by atoms with Gasteiger partial charge >= 0.3 is 0 Å². The molecule has 0 saturated carbocycles. The van der Waals surface area contributed by atoms with Gasteiger partial charge in [-0.25, -0.2) is 0 Å². The molecule has 4 heteroatoms. The third kappa shape index (κ3) is 3.67. The van der Waals surface area contributed by atoms with Crippen molar-refractivity contribution in [1.29, 1.82) is 0 Å². The van der Waals surface area contributed by atoms with E-state index < -0.39 is 0 Å². The molecule has 1 saturated heterocycles. The Balaban J connectivity index is 1.56. The molecule has 2 aliphatic heterocycles. The first-order chi connectivity index (χ1) is 10.8. The van der Waals surface area contributed by atoms with Gasteiger partial charge in [0.05, 0.1) is 12.8 Å². The predicted molar refractivity (Wildman–Crippen MR) is 90.1 cm³/mol. The molecule has 0 amide bonds. The normalized spacial score (nSPS) is 19.2. The predicted octanol–water partition coefficient (Wildman–Crippen LogP) is 3.16. The maximum atomic E-state index is 5.71. The quantitative estimate of drug-likeness (QED) is 0.906. The summed E-state index contributed by atoms with van der Waals surface area (Å²) in [5.41, 5.74) is 2.41. The molecule has 122 valence electrons. The number of hydrogen-bond donors (Lipinski definition) is 1. The lowest BCUT2D eigenvalue weighted by molar-refractivity contribution is 0.191. The maximum Gasteiger partial charge on any atom is 0.184 e. The summed E-state index contributed by atoms with van der Waals surface area (Å²) in [4.78, 5) is 2.61. The third-order valence-electron chi connectivity index (χ3n) is 4.81. The molecular weight excluding hydrogens is 276 g/mol. The lowest BCUT2D eigenvalue weighted by Gasteiger charge is -2.30. The molecule has 22 heavy (non-hydrogen) atoms. The van der Waals surface area contributed by atoms with Crippen molar-refractivity contribution in [3.63, 3.8) is 0 Å². The van der Waals surface area contributed by atoms with E-state index in [0.29, 0.717) is 6.61 Å². The summed E-state index contributed by atoms with van der Waals surface area (Å²) in [5.74, 6) is 2.63. The summed E-state index contributed by atoms with van der Waals surface area (Å²) >= 11 is 0. The van der Waals surface area contributed by atoms with Crippen LogP contribution in [0.5, 0.6) is 11.5 Å². The fourth-order valence-corrected chi connectivity index (χ4v) is 3.37. The number of nitrogens with zero attached hydrogens (tertiary/aromatic N) is 1. The van der Waals surface area contributed by atoms with Crippen LogP contribution < -0.4 is 14.8 Å². The molecule has 2 heterocycles. The van der Waals surface area contributed by atoms with Gasteiger partial charge in [-0.15, -0.1) is 0 Å². The van der Waals surface area contributed by atoms with Crippen LogP contribution in [0.3, 0.4) is 0 Å². The second-order valence-corrected chi connectivity index (χ2v) is 6.58. The number of fused-ring (bicyclic) bond motifs is 1. The third-order valence-corrected chi connectivity index (χ3v) is 4.81. The fraction of sp³-hybridized carbons (Fsp3) is 0.667. The van der Waals surface area contributed by atoms with Crippen molar-refractivity contribution in [1.82, 2.24) is 4.90 Å². The van der Waals surface area contributed by atoms with E-state index in [2.05, 4.69) is 29.3 Å². The first-order valence-electron chi connectivity index (χ1n) is 8.56. The average Bonchev–Trinajstić information content (AvgIpc) is 2.56. The zero-order valence-corrected chi connectivity index (χ0v) is 13.9. The van der Waals surface area contributed by atoms with E-state index in [1.807, 2.05) is 0 Å². The highest BCUT2D eigenvalue weighted by Gasteiger charge is 2.17. The number of likely N-dealkylation sites (tertiary alicyclic amines) is 1. The van der Waals surface area contributed by atoms with Crippen molar-refractivity contribution >= 4 is 5.69 Å². The topological polar surface area (TPSA) is 33.7 Å². The van der Waals surface area contributed by atoms with Gasteiger partial charge in [0.25, 0.3) is 0 Å². The molecule has 0 aromatic heterocycles. The monoisotopic (exact) mass is 304 g/mol. The van der Waals surface area contributed by atoms with Gasteiger partial charge in [0.2, 0.25) is 0 Å². The van der Waals surface area contributed by atoms with Crippen LogP contribution in [0.25, 0.3) is 0 Å². The molecule has 1 fully saturated rings. The lowest BCUT2D eigenvalue weighted by atomic mass is 9.99. The summed E-state index contributed by atoms with van der Waals surface area (Å²) in [5, 5.41) is 3.41. The molecule has 1 aromatic carbocycles. The van der Waals surface area contributed by atoms with Crippen molar-refractivity contribution in [2.24, 2.45) is 5.92 Å². The Bertz CT molecular complexity index is 479. The zero-order chi connectivity index (χ0) is 15.4. The summed E-state index contributed by atoms with van der Waals surface area (Å²) in [6.07, 6.45) is 5.01. The molecule has 0 radical (unpaired) electrons. The Hall–Kier alpha value is -1.42. The second kappa shape index (κ2) is 7.23. The van der Waals surface area contributed by atoms with Gasteiger partial charge in [0, 0.05) is 6.54 Å². The number of methoxy groups -OCH3 is 1. The Morgan fingerprint density at radius 2 is 2.14 bits per heavy atom. The van der Waals surface area contributed by atoms with E-state index in [1.54, 1.807) is 7.11 Å². The molecule has 4 nitrogen and oxygen atoms in total. The van der Waals surface area contributed by atoms with Gasteiger partial charge in [-0.1, -0.05) is 6.92 Å². The van der Waals surface area contributed by atoms with Crippen LogP contribution in [0.15, 0.2) is 12.1 Å². The lowest BCUT2D eigenvalue weighted by Crippen LogP contribution is -2.33. The number of nitrogens with one attached hydrogen (secondary N) is 1. The molecule has 0 unspecified atom stereocenters. The van der Waals surface area contributed by atoms with Crippen molar-refractivity contribution in [2.45, 2.75) is 32.6 Å². The number of aryl methyl sites for hydroxylation is 1. The molecule has 2 aliphatic rings. The molecule has 3 rings (SSSR count). The first kappa shape index (κ1) is 15.5. The number of rotatable bonds is 5. The highest BCUT2D eigenvalue weighted by Crippen LogP contribution is 2.38. The van der Waals surface area contributed by atoms with Gasteiger partial charge in [-0.05, 0) is 68.9 Å². The standard InChI is InChI=1S/C18H28N2O2/c1-14-5-9-20(10-6-14)8-3-4-15-12-16-18(17(13-15)21-2)22-11-7-19-16/h12-14,19H,3-11H2,1-2H3. The van der Waals surface area contributed by atoms with Crippen molar-refractivity contribution in [3.05, 3.63) is 17.7 Å². The minimum absolute atomic E-state index is 0.704. The Morgan fingerprint density at radius 3 is 2.91 bits per heavy atom. The van der Waals surface area contributed by atoms with Gasteiger partial charge in [0.15, 0.2) is 11.5 Å². The van der Waals surface area contributed by atoms with Crippen LogP contribution in [-0.2, 0) is 6.42 Å². The highest BCUT2D eigenvalue weighted by atomic mass is 16.5. The van der Waals surface area contributed by atoms with Gasteiger partial charge in [-0.2, -0.15) is 0 Å². The van der Waals surface area contributed by atoms with Crippen LogP contribution >= 0.6 is 0 Å². The fourth-order valence-electron chi connectivity index (χ4n) is 3.37. The highest BCUT2D eigenvalue weighted by molar-refractivity contribution is 5.66.